The van der Waals surface area contributed by atoms with Gasteiger partial charge in [0.1, 0.15) is 6.61 Å². The first-order valence-corrected chi connectivity index (χ1v) is 8.22. The Morgan fingerprint density at radius 1 is 1.23 bits per heavy atom. The summed E-state index contributed by atoms with van der Waals surface area (Å²) in [5.74, 6) is 0. The fourth-order valence-corrected chi connectivity index (χ4v) is 2.69. The Morgan fingerprint density at radius 2 is 1.91 bits per heavy atom. The van der Waals surface area contributed by atoms with E-state index in [1.165, 1.54) is 12.8 Å². The highest BCUT2D eigenvalue weighted by atomic mass is 16.6. The van der Waals surface area contributed by atoms with Gasteiger partial charge in [-0.3, -0.25) is 0 Å². The first-order chi connectivity index (χ1) is 10.6. The number of likely N-dealkylation sites (tertiary alicyclic amines) is 1. The van der Waals surface area contributed by atoms with Crippen LogP contribution in [0.5, 0.6) is 0 Å². The molecule has 2 fully saturated rings. The predicted molar refractivity (Wildman–Crippen MR) is 84.5 cm³/mol. The van der Waals surface area contributed by atoms with E-state index in [1.54, 1.807) is 4.90 Å². The standard InChI is InChI=1S/C18H25NO3/c1-18(9-10-18)14-22-16-7-11-19(12-8-16)17(20)21-13-15-5-3-2-4-6-15/h2-6,16H,7-14H2,1H3. The highest BCUT2D eigenvalue weighted by Gasteiger charge is 2.38. The molecule has 0 N–H and O–H groups in total. The topological polar surface area (TPSA) is 38.8 Å². The normalized spacial score (nSPS) is 20.7. The molecule has 1 amide bonds. The van der Waals surface area contributed by atoms with E-state index >= 15 is 0 Å². The van der Waals surface area contributed by atoms with Crippen LogP contribution in [0, 0.1) is 5.41 Å². The van der Waals surface area contributed by atoms with Gasteiger partial charge in [0.15, 0.2) is 0 Å². The Bertz CT molecular complexity index is 490. The first-order valence-electron chi connectivity index (χ1n) is 8.22. The van der Waals surface area contributed by atoms with E-state index < -0.39 is 0 Å². The van der Waals surface area contributed by atoms with Gasteiger partial charge in [0.25, 0.3) is 0 Å². The van der Waals surface area contributed by atoms with Gasteiger partial charge in [-0.1, -0.05) is 37.3 Å². The van der Waals surface area contributed by atoms with Crippen molar-refractivity contribution >= 4 is 6.09 Å². The van der Waals surface area contributed by atoms with Gasteiger partial charge < -0.3 is 14.4 Å². The minimum atomic E-state index is -0.212. The molecule has 22 heavy (non-hydrogen) atoms. The number of amides is 1. The van der Waals surface area contributed by atoms with Gasteiger partial charge in [0, 0.05) is 13.1 Å². The van der Waals surface area contributed by atoms with Gasteiger partial charge in [-0.25, -0.2) is 4.79 Å². The van der Waals surface area contributed by atoms with Crippen LogP contribution >= 0.6 is 0 Å². The minimum Gasteiger partial charge on any atom is -0.445 e. The molecule has 0 aromatic heterocycles. The number of nitrogens with zero attached hydrogens (tertiary/aromatic N) is 1. The molecule has 3 rings (SSSR count). The molecule has 1 saturated carbocycles. The number of carbonyl (C=O) groups excluding carboxylic acids is 1. The molecular formula is C18H25NO3. The number of benzene rings is 1. The Labute approximate surface area is 132 Å². The maximum Gasteiger partial charge on any atom is 0.410 e. The fraction of sp³-hybridized carbons (Fsp3) is 0.611. The van der Waals surface area contributed by atoms with Crippen molar-refractivity contribution in [3.63, 3.8) is 0 Å². The Balaban J connectivity index is 1.36. The van der Waals surface area contributed by atoms with Crippen LogP contribution in [0.15, 0.2) is 30.3 Å². The van der Waals surface area contributed by atoms with E-state index in [-0.39, 0.29) is 6.09 Å². The molecule has 0 unspecified atom stereocenters. The van der Waals surface area contributed by atoms with Gasteiger partial charge in [-0.2, -0.15) is 0 Å². The average molecular weight is 303 g/mol. The molecule has 1 aromatic rings. The largest absolute Gasteiger partial charge is 0.445 e. The zero-order chi connectivity index (χ0) is 15.4. The van der Waals surface area contributed by atoms with E-state index in [0.29, 0.717) is 18.1 Å². The monoisotopic (exact) mass is 303 g/mol. The molecule has 4 nitrogen and oxygen atoms in total. The molecule has 2 aliphatic rings. The highest BCUT2D eigenvalue weighted by molar-refractivity contribution is 5.67. The molecule has 1 saturated heterocycles. The predicted octanol–water partition coefficient (Wildman–Crippen LogP) is 3.60. The zero-order valence-corrected chi connectivity index (χ0v) is 13.3. The lowest BCUT2D eigenvalue weighted by Gasteiger charge is -2.31. The minimum absolute atomic E-state index is 0.212. The molecule has 0 radical (unpaired) electrons. The summed E-state index contributed by atoms with van der Waals surface area (Å²) in [6.45, 7) is 4.96. The van der Waals surface area contributed by atoms with Crippen molar-refractivity contribution in [2.75, 3.05) is 19.7 Å². The molecule has 1 aliphatic heterocycles. The van der Waals surface area contributed by atoms with Crippen molar-refractivity contribution in [2.45, 2.75) is 45.3 Å². The second-order valence-electron chi connectivity index (χ2n) is 6.85. The first kappa shape index (κ1) is 15.3. The molecule has 120 valence electrons. The SMILES string of the molecule is CC1(COC2CCN(C(=O)OCc3ccccc3)CC2)CC1. The quantitative estimate of drug-likeness (QED) is 0.834. The smallest absolute Gasteiger partial charge is 0.410 e. The van der Waals surface area contributed by atoms with Crippen molar-refractivity contribution in [1.29, 1.82) is 0 Å². The molecule has 1 aliphatic carbocycles. The van der Waals surface area contributed by atoms with Crippen LogP contribution in [0.4, 0.5) is 4.79 Å². The average Bonchev–Trinajstić information content (AvgIpc) is 3.30. The van der Waals surface area contributed by atoms with E-state index in [0.717, 1.165) is 38.1 Å². The number of ether oxygens (including phenoxy) is 2. The van der Waals surface area contributed by atoms with Gasteiger partial charge in [0.05, 0.1) is 12.7 Å². The van der Waals surface area contributed by atoms with Crippen LogP contribution in [0.1, 0.15) is 38.2 Å². The van der Waals surface area contributed by atoms with Crippen molar-refractivity contribution < 1.29 is 14.3 Å². The van der Waals surface area contributed by atoms with Gasteiger partial charge >= 0.3 is 6.09 Å². The second kappa shape index (κ2) is 6.69. The van der Waals surface area contributed by atoms with Crippen molar-refractivity contribution in [3.05, 3.63) is 35.9 Å². The molecule has 1 heterocycles. The van der Waals surface area contributed by atoms with E-state index in [9.17, 15) is 4.79 Å². The molecular weight excluding hydrogens is 278 g/mol. The van der Waals surface area contributed by atoms with Crippen LogP contribution in [0.2, 0.25) is 0 Å². The molecule has 0 atom stereocenters. The molecule has 4 heteroatoms. The third-order valence-corrected chi connectivity index (χ3v) is 4.68. The van der Waals surface area contributed by atoms with Crippen LogP contribution < -0.4 is 0 Å². The lowest BCUT2D eigenvalue weighted by atomic mass is 10.1. The van der Waals surface area contributed by atoms with Crippen LogP contribution in [-0.2, 0) is 16.1 Å². The fourth-order valence-electron chi connectivity index (χ4n) is 2.69. The summed E-state index contributed by atoms with van der Waals surface area (Å²) >= 11 is 0. The number of rotatable bonds is 5. The number of piperidine rings is 1. The van der Waals surface area contributed by atoms with Gasteiger partial charge in [-0.05, 0) is 36.7 Å². The number of hydrogen-bond donors (Lipinski definition) is 0. The van der Waals surface area contributed by atoms with Crippen LogP contribution in [0.25, 0.3) is 0 Å². The van der Waals surface area contributed by atoms with Gasteiger partial charge in [0.2, 0.25) is 0 Å². The summed E-state index contributed by atoms with van der Waals surface area (Å²) in [5.41, 5.74) is 1.46. The second-order valence-corrected chi connectivity index (χ2v) is 6.85. The summed E-state index contributed by atoms with van der Waals surface area (Å²) in [6, 6.07) is 9.79. The van der Waals surface area contributed by atoms with E-state index in [4.69, 9.17) is 9.47 Å². The zero-order valence-electron chi connectivity index (χ0n) is 13.3. The summed E-state index contributed by atoms with van der Waals surface area (Å²) in [4.78, 5) is 13.9. The number of carbonyl (C=O) groups is 1. The number of hydrogen-bond acceptors (Lipinski definition) is 3. The Hall–Kier alpha value is -1.55. The lowest BCUT2D eigenvalue weighted by Crippen LogP contribution is -2.41. The summed E-state index contributed by atoms with van der Waals surface area (Å²) in [7, 11) is 0. The molecule has 0 spiro atoms. The summed E-state index contributed by atoms with van der Waals surface area (Å²) < 4.78 is 11.4. The van der Waals surface area contributed by atoms with Crippen LogP contribution in [0.3, 0.4) is 0 Å². The van der Waals surface area contributed by atoms with E-state index in [1.807, 2.05) is 30.3 Å². The molecule has 0 bridgehead atoms. The third kappa shape index (κ3) is 4.23. The third-order valence-electron chi connectivity index (χ3n) is 4.68. The van der Waals surface area contributed by atoms with E-state index in [2.05, 4.69) is 6.92 Å². The molecule has 1 aromatic carbocycles. The van der Waals surface area contributed by atoms with Crippen molar-refractivity contribution in [2.24, 2.45) is 5.41 Å². The summed E-state index contributed by atoms with van der Waals surface area (Å²) in [6.07, 6.45) is 4.49. The highest BCUT2D eigenvalue weighted by Crippen LogP contribution is 2.45. The summed E-state index contributed by atoms with van der Waals surface area (Å²) in [5, 5.41) is 0. The Kier molecular flexibility index (Phi) is 4.67. The Morgan fingerprint density at radius 3 is 2.55 bits per heavy atom. The lowest BCUT2D eigenvalue weighted by molar-refractivity contribution is -0.0120. The van der Waals surface area contributed by atoms with Gasteiger partial charge in [-0.15, -0.1) is 0 Å². The maximum absolute atomic E-state index is 12.1. The van der Waals surface area contributed by atoms with Crippen molar-refractivity contribution in [1.82, 2.24) is 4.90 Å². The van der Waals surface area contributed by atoms with Crippen molar-refractivity contribution in [3.8, 4) is 0 Å². The maximum atomic E-state index is 12.1. The van der Waals surface area contributed by atoms with Crippen LogP contribution in [-0.4, -0.2) is 36.8 Å².